The van der Waals surface area contributed by atoms with Gasteiger partial charge in [-0.3, -0.25) is 4.79 Å². The molecule has 0 amide bonds. The number of carboxylic acid groups (broad SMARTS) is 1. The van der Waals surface area contributed by atoms with Gasteiger partial charge in [-0.15, -0.1) is 6.58 Å². The molecule has 2 N–H and O–H groups in total. The summed E-state index contributed by atoms with van der Waals surface area (Å²) in [5, 5.41) is 12.4. The molecule has 3 heteroatoms. The number of carbonyl (C=O) groups is 1. The zero-order valence-electron chi connectivity index (χ0n) is 11.0. The minimum absolute atomic E-state index is 0.0636. The van der Waals surface area contributed by atoms with Gasteiger partial charge in [-0.1, -0.05) is 19.9 Å². The van der Waals surface area contributed by atoms with Gasteiger partial charge in [0.1, 0.15) is 0 Å². The van der Waals surface area contributed by atoms with E-state index in [1.165, 1.54) is 6.42 Å². The fourth-order valence-corrected chi connectivity index (χ4v) is 3.53. The molecular weight excluding hydrogens is 214 g/mol. The Hall–Kier alpha value is -0.830. The van der Waals surface area contributed by atoms with Crippen molar-refractivity contribution >= 4 is 5.97 Å². The molecular formula is C14H25NO2. The first-order chi connectivity index (χ1) is 7.97. The van der Waals surface area contributed by atoms with E-state index in [4.69, 9.17) is 5.11 Å². The largest absolute Gasteiger partial charge is 0.481 e. The van der Waals surface area contributed by atoms with E-state index in [-0.39, 0.29) is 11.8 Å². The van der Waals surface area contributed by atoms with E-state index in [1.807, 2.05) is 6.08 Å². The highest BCUT2D eigenvalue weighted by Crippen LogP contribution is 2.44. The summed E-state index contributed by atoms with van der Waals surface area (Å²) in [7, 11) is 0. The summed E-state index contributed by atoms with van der Waals surface area (Å²) in [4.78, 5) is 11.1. The van der Waals surface area contributed by atoms with Crippen LogP contribution in [0.5, 0.6) is 0 Å². The molecule has 0 aromatic rings. The Morgan fingerprint density at radius 1 is 1.47 bits per heavy atom. The number of nitrogens with one attached hydrogen (secondary N) is 1. The minimum atomic E-state index is -0.674. The standard InChI is InChI=1S/C14H25NO2/c1-4-5-15-10-14(9-13(16)17)7-11(2)6-12(3)8-14/h4,11-12,15H,1,5-10H2,2-3H3,(H,16,17)/t11-,12+,14?. The maximum atomic E-state index is 11.1. The van der Waals surface area contributed by atoms with Gasteiger partial charge in [0, 0.05) is 13.1 Å². The normalized spacial score (nSPS) is 33.3. The van der Waals surface area contributed by atoms with Gasteiger partial charge in [0.25, 0.3) is 0 Å². The highest BCUT2D eigenvalue weighted by Gasteiger charge is 2.39. The molecule has 0 heterocycles. The lowest BCUT2D eigenvalue weighted by atomic mass is 9.64. The van der Waals surface area contributed by atoms with E-state index in [0.717, 1.165) is 25.9 Å². The quantitative estimate of drug-likeness (QED) is 0.553. The SMILES string of the molecule is C=CCNCC1(CC(=O)O)C[C@H](C)C[C@H](C)C1. The zero-order valence-corrected chi connectivity index (χ0v) is 11.0. The summed E-state index contributed by atoms with van der Waals surface area (Å²) in [6, 6.07) is 0. The molecule has 0 saturated heterocycles. The van der Waals surface area contributed by atoms with Crippen LogP contribution in [0.1, 0.15) is 39.5 Å². The van der Waals surface area contributed by atoms with Crippen LogP contribution in [0.25, 0.3) is 0 Å². The molecule has 3 atom stereocenters. The smallest absolute Gasteiger partial charge is 0.303 e. The average molecular weight is 239 g/mol. The van der Waals surface area contributed by atoms with Gasteiger partial charge in [0.15, 0.2) is 0 Å². The summed E-state index contributed by atoms with van der Waals surface area (Å²) in [5.74, 6) is 0.582. The number of hydrogen-bond acceptors (Lipinski definition) is 2. The highest BCUT2D eigenvalue weighted by molar-refractivity contribution is 5.67. The molecule has 0 aromatic heterocycles. The summed E-state index contributed by atoms with van der Waals surface area (Å²) in [6.07, 6.45) is 5.38. The molecule has 3 nitrogen and oxygen atoms in total. The molecule has 1 aliphatic carbocycles. The lowest BCUT2D eigenvalue weighted by Gasteiger charge is -2.42. The van der Waals surface area contributed by atoms with E-state index in [0.29, 0.717) is 11.8 Å². The summed E-state index contributed by atoms with van der Waals surface area (Å²) in [6.45, 7) is 9.70. The third kappa shape index (κ3) is 4.50. The van der Waals surface area contributed by atoms with Crippen LogP contribution in [0.2, 0.25) is 0 Å². The van der Waals surface area contributed by atoms with Crippen LogP contribution in [-0.2, 0) is 4.79 Å². The predicted octanol–water partition coefficient (Wildman–Crippen LogP) is 2.68. The molecule has 1 rings (SSSR count). The van der Waals surface area contributed by atoms with E-state index < -0.39 is 5.97 Å². The van der Waals surface area contributed by atoms with Crippen molar-refractivity contribution in [3.8, 4) is 0 Å². The van der Waals surface area contributed by atoms with E-state index >= 15 is 0 Å². The Bertz CT molecular complexity index is 265. The molecule has 1 fully saturated rings. The minimum Gasteiger partial charge on any atom is -0.481 e. The van der Waals surface area contributed by atoms with Gasteiger partial charge in [0.2, 0.25) is 0 Å². The van der Waals surface area contributed by atoms with Crippen LogP contribution >= 0.6 is 0 Å². The molecule has 0 bridgehead atoms. The summed E-state index contributed by atoms with van der Waals surface area (Å²) < 4.78 is 0. The van der Waals surface area contributed by atoms with Crippen LogP contribution in [0.3, 0.4) is 0 Å². The molecule has 0 spiro atoms. The van der Waals surface area contributed by atoms with Gasteiger partial charge < -0.3 is 10.4 Å². The molecule has 0 aromatic carbocycles. The Morgan fingerprint density at radius 2 is 2.06 bits per heavy atom. The van der Waals surface area contributed by atoms with Crippen LogP contribution in [0.4, 0.5) is 0 Å². The zero-order chi connectivity index (χ0) is 12.9. The number of aliphatic carboxylic acids is 1. The number of carboxylic acids is 1. The van der Waals surface area contributed by atoms with Crippen molar-refractivity contribution in [2.75, 3.05) is 13.1 Å². The molecule has 1 aliphatic rings. The van der Waals surface area contributed by atoms with Crippen LogP contribution in [0, 0.1) is 17.3 Å². The van der Waals surface area contributed by atoms with Crippen molar-refractivity contribution < 1.29 is 9.90 Å². The van der Waals surface area contributed by atoms with Gasteiger partial charge in [0.05, 0.1) is 6.42 Å². The first-order valence-electron chi connectivity index (χ1n) is 6.51. The fraction of sp³-hybridized carbons (Fsp3) is 0.786. The Balaban J connectivity index is 2.69. The first kappa shape index (κ1) is 14.2. The van der Waals surface area contributed by atoms with Gasteiger partial charge >= 0.3 is 5.97 Å². The second-order valence-electron chi connectivity index (χ2n) is 5.84. The molecule has 0 radical (unpaired) electrons. The maximum Gasteiger partial charge on any atom is 0.303 e. The van der Waals surface area contributed by atoms with Crippen LogP contribution in [-0.4, -0.2) is 24.2 Å². The van der Waals surface area contributed by atoms with Crippen LogP contribution in [0.15, 0.2) is 12.7 Å². The van der Waals surface area contributed by atoms with Crippen molar-refractivity contribution in [3.05, 3.63) is 12.7 Å². The summed E-state index contributed by atoms with van der Waals surface area (Å²) >= 11 is 0. The third-order valence-corrected chi connectivity index (χ3v) is 3.68. The van der Waals surface area contributed by atoms with Crippen molar-refractivity contribution in [3.63, 3.8) is 0 Å². The fourth-order valence-electron chi connectivity index (χ4n) is 3.53. The van der Waals surface area contributed by atoms with E-state index in [1.54, 1.807) is 0 Å². The van der Waals surface area contributed by atoms with E-state index in [9.17, 15) is 4.79 Å². The summed E-state index contributed by atoms with van der Waals surface area (Å²) in [5.41, 5.74) is -0.0636. The third-order valence-electron chi connectivity index (χ3n) is 3.68. The first-order valence-corrected chi connectivity index (χ1v) is 6.51. The average Bonchev–Trinajstić information content (AvgIpc) is 2.14. The Morgan fingerprint density at radius 3 is 2.53 bits per heavy atom. The Kier molecular flexibility index (Phi) is 5.19. The molecule has 1 saturated carbocycles. The molecule has 0 aliphatic heterocycles. The topological polar surface area (TPSA) is 49.3 Å². The molecule has 98 valence electrons. The lowest BCUT2D eigenvalue weighted by molar-refractivity contribution is -0.140. The van der Waals surface area contributed by atoms with Crippen LogP contribution < -0.4 is 5.32 Å². The second kappa shape index (κ2) is 6.20. The number of rotatable bonds is 6. The van der Waals surface area contributed by atoms with E-state index in [2.05, 4.69) is 25.7 Å². The Labute approximate surface area is 104 Å². The lowest BCUT2D eigenvalue weighted by Crippen LogP contribution is -2.42. The monoisotopic (exact) mass is 239 g/mol. The van der Waals surface area contributed by atoms with Crippen molar-refractivity contribution in [2.45, 2.75) is 39.5 Å². The van der Waals surface area contributed by atoms with Crippen molar-refractivity contribution in [1.82, 2.24) is 5.32 Å². The maximum absolute atomic E-state index is 11.1. The number of hydrogen-bond donors (Lipinski definition) is 2. The van der Waals surface area contributed by atoms with Gasteiger partial charge in [-0.2, -0.15) is 0 Å². The van der Waals surface area contributed by atoms with Gasteiger partial charge in [-0.25, -0.2) is 0 Å². The predicted molar refractivity (Wildman–Crippen MR) is 69.9 cm³/mol. The molecule has 1 unspecified atom stereocenters. The van der Waals surface area contributed by atoms with Crippen molar-refractivity contribution in [1.29, 1.82) is 0 Å². The molecule has 17 heavy (non-hydrogen) atoms. The van der Waals surface area contributed by atoms with Crippen molar-refractivity contribution in [2.24, 2.45) is 17.3 Å². The second-order valence-corrected chi connectivity index (χ2v) is 5.84. The van der Waals surface area contributed by atoms with Gasteiger partial charge in [-0.05, 0) is 36.5 Å². The highest BCUT2D eigenvalue weighted by atomic mass is 16.4.